The second kappa shape index (κ2) is 10.6. The van der Waals surface area contributed by atoms with E-state index in [4.69, 9.17) is 4.74 Å². The van der Waals surface area contributed by atoms with Gasteiger partial charge in [0.2, 0.25) is 5.91 Å². The predicted octanol–water partition coefficient (Wildman–Crippen LogP) is 3.14. The summed E-state index contributed by atoms with van der Waals surface area (Å²) < 4.78 is 7.59. The zero-order chi connectivity index (χ0) is 22.5. The van der Waals surface area contributed by atoms with Gasteiger partial charge in [0.25, 0.3) is 0 Å². The molecule has 0 radical (unpaired) electrons. The number of hydrogen-bond acceptors (Lipinski definition) is 5. The molecule has 1 N–H and O–H groups in total. The maximum atomic E-state index is 12.6. The van der Waals surface area contributed by atoms with E-state index in [0.717, 1.165) is 63.5 Å². The monoisotopic (exact) mass is 439 g/mol. The van der Waals surface area contributed by atoms with Gasteiger partial charge in [-0.15, -0.1) is 10.2 Å². The van der Waals surface area contributed by atoms with Crippen LogP contribution < -0.4 is 5.32 Å². The topological polar surface area (TPSA) is 72.3 Å². The van der Waals surface area contributed by atoms with E-state index >= 15 is 0 Å². The van der Waals surface area contributed by atoms with Gasteiger partial charge in [0, 0.05) is 51.7 Å². The summed E-state index contributed by atoms with van der Waals surface area (Å²) in [5.74, 6) is 2.71. The molecule has 0 saturated carbocycles. The van der Waals surface area contributed by atoms with Crippen molar-refractivity contribution in [3.63, 3.8) is 0 Å². The zero-order valence-corrected chi connectivity index (χ0v) is 19.7. The summed E-state index contributed by atoms with van der Waals surface area (Å²) in [7, 11) is 0. The fraction of sp³-hybridized carbons (Fsp3) is 0.640. The molecule has 0 unspecified atom stereocenters. The zero-order valence-electron chi connectivity index (χ0n) is 19.7. The summed E-state index contributed by atoms with van der Waals surface area (Å²) in [6, 6.07) is 8.92. The Balaban J connectivity index is 1.34. The highest BCUT2D eigenvalue weighted by Crippen LogP contribution is 2.20. The lowest BCUT2D eigenvalue weighted by molar-refractivity contribution is -0.128. The highest BCUT2D eigenvalue weighted by Gasteiger charge is 2.26. The first-order chi connectivity index (χ1) is 15.5. The van der Waals surface area contributed by atoms with Gasteiger partial charge in [0.15, 0.2) is 5.82 Å². The SMILES string of the molecule is CC(C)Cc1ccc(CN2CCc3nnc([C@@H](C)NC(=O)C4CCOCC4)n3CC2)cc1. The number of benzene rings is 1. The maximum absolute atomic E-state index is 12.6. The number of hydrogen-bond donors (Lipinski definition) is 1. The van der Waals surface area contributed by atoms with Crippen LogP contribution in [0.15, 0.2) is 24.3 Å². The number of fused-ring (bicyclic) bond motifs is 1. The van der Waals surface area contributed by atoms with Crippen LogP contribution in [0.25, 0.3) is 0 Å². The molecule has 32 heavy (non-hydrogen) atoms. The molecule has 1 amide bonds. The van der Waals surface area contributed by atoms with E-state index in [1.165, 1.54) is 11.1 Å². The molecule has 1 aromatic heterocycles. The molecule has 1 saturated heterocycles. The summed E-state index contributed by atoms with van der Waals surface area (Å²) in [5, 5.41) is 12.0. The minimum atomic E-state index is -0.147. The average Bonchev–Trinajstić information content (AvgIpc) is 3.10. The summed E-state index contributed by atoms with van der Waals surface area (Å²) in [4.78, 5) is 15.1. The second-order valence-electron chi connectivity index (χ2n) is 9.68. The van der Waals surface area contributed by atoms with Crippen molar-refractivity contribution >= 4 is 5.91 Å². The fourth-order valence-corrected chi connectivity index (χ4v) is 4.73. The highest BCUT2D eigenvalue weighted by atomic mass is 16.5. The summed E-state index contributed by atoms with van der Waals surface area (Å²) >= 11 is 0. The Morgan fingerprint density at radius 3 is 2.50 bits per heavy atom. The van der Waals surface area contributed by atoms with Crippen LogP contribution in [-0.4, -0.2) is 51.9 Å². The fourth-order valence-electron chi connectivity index (χ4n) is 4.73. The van der Waals surface area contributed by atoms with Crippen LogP contribution in [-0.2, 0) is 35.5 Å². The van der Waals surface area contributed by atoms with Crippen molar-refractivity contribution in [3.8, 4) is 0 Å². The quantitative estimate of drug-likeness (QED) is 0.718. The molecule has 2 aliphatic rings. The smallest absolute Gasteiger partial charge is 0.223 e. The van der Waals surface area contributed by atoms with Gasteiger partial charge in [-0.2, -0.15) is 0 Å². The molecular formula is C25H37N5O2. The number of rotatable bonds is 7. The molecule has 0 spiro atoms. The number of amides is 1. The van der Waals surface area contributed by atoms with E-state index in [1.807, 2.05) is 6.92 Å². The molecule has 1 aromatic carbocycles. The van der Waals surface area contributed by atoms with Crippen molar-refractivity contribution in [1.82, 2.24) is 25.0 Å². The number of aromatic nitrogens is 3. The minimum absolute atomic E-state index is 0.0418. The molecule has 0 bridgehead atoms. The highest BCUT2D eigenvalue weighted by molar-refractivity contribution is 5.79. The molecule has 1 fully saturated rings. The van der Waals surface area contributed by atoms with Gasteiger partial charge in [-0.25, -0.2) is 0 Å². The predicted molar refractivity (Wildman–Crippen MR) is 124 cm³/mol. The first-order valence-corrected chi connectivity index (χ1v) is 12.1. The van der Waals surface area contributed by atoms with Crippen LogP contribution in [0.3, 0.4) is 0 Å². The van der Waals surface area contributed by atoms with E-state index in [2.05, 4.69) is 63.1 Å². The van der Waals surface area contributed by atoms with E-state index in [9.17, 15) is 4.79 Å². The van der Waals surface area contributed by atoms with Gasteiger partial charge in [0.05, 0.1) is 6.04 Å². The Bertz CT molecular complexity index is 886. The van der Waals surface area contributed by atoms with Crippen molar-refractivity contribution in [3.05, 3.63) is 47.0 Å². The third-order valence-corrected chi connectivity index (χ3v) is 6.56. The average molecular weight is 440 g/mol. The van der Waals surface area contributed by atoms with Gasteiger partial charge in [-0.3, -0.25) is 9.69 Å². The van der Waals surface area contributed by atoms with E-state index < -0.39 is 0 Å². The van der Waals surface area contributed by atoms with Gasteiger partial charge in [-0.05, 0) is 43.2 Å². The Morgan fingerprint density at radius 1 is 1.06 bits per heavy atom. The number of carbonyl (C=O) groups is 1. The van der Waals surface area contributed by atoms with Crippen LogP contribution in [0, 0.1) is 11.8 Å². The third-order valence-electron chi connectivity index (χ3n) is 6.56. The third kappa shape index (κ3) is 5.75. The Labute approximate surface area is 191 Å². The molecular weight excluding hydrogens is 402 g/mol. The van der Waals surface area contributed by atoms with Gasteiger partial charge in [0.1, 0.15) is 5.82 Å². The molecule has 1 atom stereocenters. The molecule has 7 heteroatoms. The number of nitrogens with zero attached hydrogens (tertiary/aromatic N) is 4. The van der Waals surface area contributed by atoms with E-state index in [0.29, 0.717) is 19.1 Å². The lowest BCUT2D eigenvalue weighted by Crippen LogP contribution is -2.36. The van der Waals surface area contributed by atoms with E-state index in [-0.39, 0.29) is 17.9 Å². The van der Waals surface area contributed by atoms with Gasteiger partial charge < -0.3 is 14.6 Å². The van der Waals surface area contributed by atoms with Crippen LogP contribution in [0.5, 0.6) is 0 Å². The lowest BCUT2D eigenvalue weighted by Gasteiger charge is -2.23. The molecule has 4 rings (SSSR count). The van der Waals surface area contributed by atoms with Crippen LogP contribution >= 0.6 is 0 Å². The van der Waals surface area contributed by atoms with Crippen LogP contribution in [0.4, 0.5) is 0 Å². The molecule has 7 nitrogen and oxygen atoms in total. The number of ether oxygens (including phenoxy) is 1. The molecule has 3 heterocycles. The molecule has 2 aromatic rings. The maximum Gasteiger partial charge on any atom is 0.223 e. The molecule has 2 aliphatic heterocycles. The summed E-state index contributed by atoms with van der Waals surface area (Å²) in [6.07, 6.45) is 3.59. The van der Waals surface area contributed by atoms with Crippen molar-refractivity contribution in [1.29, 1.82) is 0 Å². The van der Waals surface area contributed by atoms with Crippen LogP contribution in [0.1, 0.15) is 62.4 Å². The van der Waals surface area contributed by atoms with Crippen LogP contribution in [0.2, 0.25) is 0 Å². The Kier molecular flexibility index (Phi) is 7.58. The minimum Gasteiger partial charge on any atom is -0.381 e. The molecule has 174 valence electrons. The first-order valence-electron chi connectivity index (χ1n) is 12.1. The Hall–Kier alpha value is -2.25. The Morgan fingerprint density at radius 2 is 1.78 bits per heavy atom. The van der Waals surface area contributed by atoms with Gasteiger partial charge >= 0.3 is 0 Å². The normalized spacial score (nSPS) is 18.9. The summed E-state index contributed by atoms with van der Waals surface area (Å²) in [6.45, 7) is 11.6. The summed E-state index contributed by atoms with van der Waals surface area (Å²) in [5.41, 5.74) is 2.76. The van der Waals surface area contributed by atoms with E-state index in [1.54, 1.807) is 0 Å². The van der Waals surface area contributed by atoms with Crippen molar-refractivity contribution in [2.75, 3.05) is 26.3 Å². The number of nitrogens with one attached hydrogen (secondary N) is 1. The standard InChI is InChI=1S/C25H37N5O2/c1-18(2)16-20-4-6-21(7-5-20)17-29-11-8-23-27-28-24(30(23)13-12-29)19(3)26-25(31)22-9-14-32-15-10-22/h4-7,18-19,22H,8-17H2,1-3H3,(H,26,31)/t19-/m1/s1. The van der Waals surface area contributed by atoms with Gasteiger partial charge in [-0.1, -0.05) is 38.1 Å². The van der Waals surface area contributed by atoms with Crippen molar-refractivity contribution < 1.29 is 9.53 Å². The lowest BCUT2D eigenvalue weighted by atomic mass is 9.99. The largest absolute Gasteiger partial charge is 0.381 e. The first kappa shape index (κ1) is 22.9. The molecule has 0 aliphatic carbocycles. The number of carbonyl (C=O) groups excluding carboxylic acids is 1. The van der Waals surface area contributed by atoms with Crippen molar-refractivity contribution in [2.24, 2.45) is 11.8 Å². The second-order valence-corrected chi connectivity index (χ2v) is 9.68. The van der Waals surface area contributed by atoms with Crippen molar-refractivity contribution in [2.45, 2.75) is 65.6 Å².